The van der Waals surface area contributed by atoms with Gasteiger partial charge < -0.3 is 15.2 Å². The molecule has 1 aromatic rings. The van der Waals surface area contributed by atoms with Gasteiger partial charge in [-0.25, -0.2) is 4.79 Å². The molecule has 1 amide bonds. The minimum Gasteiger partial charge on any atom is -0.481 e. The highest BCUT2D eigenvalue weighted by Crippen LogP contribution is 2.39. The van der Waals surface area contributed by atoms with Crippen LogP contribution in [0.5, 0.6) is 0 Å². The minimum absolute atomic E-state index is 0.0264. The van der Waals surface area contributed by atoms with Crippen molar-refractivity contribution in [1.29, 1.82) is 0 Å². The van der Waals surface area contributed by atoms with Gasteiger partial charge in [-0.2, -0.15) is 0 Å². The van der Waals surface area contributed by atoms with Gasteiger partial charge in [0.25, 0.3) is 0 Å². The second kappa shape index (κ2) is 8.11. The first kappa shape index (κ1) is 20.3. The van der Waals surface area contributed by atoms with Crippen molar-refractivity contribution in [1.82, 2.24) is 5.32 Å². The number of carboxylic acid groups (broad SMARTS) is 1. The molecule has 2 rings (SSSR count). The Kier molecular flexibility index (Phi) is 6.32. The van der Waals surface area contributed by atoms with Crippen LogP contribution in [-0.4, -0.2) is 29.3 Å². The van der Waals surface area contributed by atoms with Crippen LogP contribution in [0.4, 0.5) is 4.79 Å². The molecule has 0 aromatic heterocycles. The lowest BCUT2D eigenvalue weighted by atomic mass is 9.71. The Morgan fingerprint density at radius 1 is 1.19 bits per heavy atom. The number of carboxylic acids is 1. The number of hydrogen-bond donors (Lipinski definition) is 2. The molecule has 1 atom stereocenters. The van der Waals surface area contributed by atoms with E-state index < -0.39 is 23.1 Å². The second-order valence-corrected chi connectivity index (χ2v) is 8.41. The van der Waals surface area contributed by atoms with E-state index in [-0.39, 0.29) is 6.54 Å². The van der Waals surface area contributed by atoms with Gasteiger partial charge in [-0.1, -0.05) is 49.9 Å². The van der Waals surface area contributed by atoms with Crippen molar-refractivity contribution in [2.75, 3.05) is 6.54 Å². The number of aliphatic carboxylic acids is 1. The number of ether oxygens (including phenoxy) is 1. The summed E-state index contributed by atoms with van der Waals surface area (Å²) >= 11 is 0. The third-order valence-corrected chi connectivity index (χ3v) is 5.12. The molecule has 0 saturated heterocycles. The summed E-state index contributed by atoms with van der Waals surface area (Å²) in [5, 5.41) is 12.9. The third kappa shape index (κ3) is 4.99. The zero-order valence-corrected chi connectivity index (χ0v) is 16.3. The topological polar surface area (TPSA) is 75.6 Å². The van der Waals surface area contributed by atoms with E-state index in [1.807, 2.05) is 31.2 Å². The van der Waals surface area contributed by atoms with E-state index in [1.165, 1.54) is 0 Å². The van der Waals surface area contributed by atoms with Gasteiger partial charge in [-0.3, -0.25) is 4.79 Å². The summed E-state index contributed by atoms with van der Waals surface area (Å²) < 4.78 is 5.31. The molecular weight excluding hydrogens is 330 g/mol. The van der Waals surface area contributed by atoms with E-state index in [0.29, 0.717) is 12.3 Å². The van der Waals surface area contributed by atoms with Gasteiger partial charge in [-0.05, 0) is 51.2 Å². The van der Waals surface area contributed by atoms with Gasteiger partial charge in [0, 0.05) is 6.54 Å². The largest absolute Gasteiger partial charge is 0.481 e. The van der Waals surface area contributed by atoms with Crippen LogP contribution in [0.3, 0.4) is 0 Å². The van der Waals surface area contributed by atoms with E-state index in [4.69, 9.17) is 4.74 Å². The number of nitrogens with one attached hydrogen (secondary N) is 1. The van der Waals surface area contributed by atoms with Crippen LogP contribution in [0.1, 0.15) is 64.0 Å². The van der Waals surface area contributed by atoms with E-state index in [0.717, 1.165) is 36.8 Å². The molecule has 2 N–H and O–H groups in total. The highest BCUT2D eigenvalue weighted by molar-refractivity contribution is 5.83. The molecule has 1 fully saturated rings. The normalized spacial score (nSPS) is 17.5. The SMILES string of the molecule is Cc1ccccc1C(CNC(=O)OC(C)(C)C)(CC1CCCC1)C(=O)O. The molecule has 1 aliphatic rings. The quantitative estimate of drug-likeness (QED) is 0.786. The van der Waals surface area contributed by atoms with Crippen LogP contribution in [0.25, 0.3) is 0 Å². The van der Waals surface area contributed by atoms with Gasteiger partial charge in [0.15, 0.2) is 0 Å². The summed E-state index contributed by atoms with van der Waals surface area (Å²) in [6.45, 7) is 7.32. The maximum atomic E-state index is 12.5. The number of rotatable bonds is 6. The third-order valence-electron chi connectivity index (χ3n) is 5.12. The number of aryl methyl sites for hydroxylation is 1. The fourth-order valence-corrected chi connectivity index (χ4v) is 3.91. The lowest BCUT2D eigenvalue weighted by Gasteiger charge is -2.34. The standard InChI is InChI=1S/C21H31NO4/c1-15-9-5-8-12-17(15)21(18(23)24,13-16-10-6-7-11-16)14-22-19(25)26-20(2,3)4/h5,8-9,12,16H,6-7,10-11,13-14H2,1-4H3,(H,22,25)(H,23,24). The van der Waals surface area contributed by atoms with Crippen LogP contribution in [0.2, 0.25) is 0 Å². The summed E-state index contributed by atoms with van der Waals surface area (Å²) in [5.41, 5.74) is -0.0595. The van der Waals surface area contributed by atoms with Crippen LogP contribution < -0.4 is 5.32 Å². The maximum Gasteiger partial charge on any atom is 0.407 e. The van der Waals surface area contributed by atoms with E-state index in [2.05, 4.69) is 5.32 Å². The molecule has 1 aliphatic carbocycles. The zero-order valence-electron chi connectivity index (χ0n) is 16.3. The van der Waals surface area contributed by atoms with Crippen LogP contribution >= 0.6 is 0 Å². The van der Waals surface area contributed by atoms with Crippen molar-refractivity contribution in [3.8, 4) is 0 Å². The summed E-state index contributed by atoms with van der Waals surface area (Å²) in [6, 6.07) is 7.56. The van der Waals surface area contributed by atoms with E-state index >= 15 is 0 Å². The van der Waals surface area contributed by atoms with E-state index in [9.17, 15) is 14.7 Å². The Balaban J connectivity index is 2.31. The minimum atomic E-state index is -1.14. The zero-order chi connectivity index (χ0) is 19.4. The molecule has 0 bridgehead atoms. The van der Waals surface area contributed by atoms with Gasteiger partial charge >= 0.3 is 12.1 Å². The Morgan fingerprint density at radius 3 is 2.35 bits per heavy atom. The van der Waals surface area contributed by atoms with E-state index in [1.54, 1.807) is 20.8 Å². The average molecular weight is 361 g/mol. The molecule has 1 aromatic carbocycles. The fraction of sp³-hybridized carbons (Fsp3) is 0.619. The number of benzene rings is 1. The van der Waals surface area contributed by atoms with Crippen molar-refractivity contribution in [2.45, 2.75) is 70.8 Å². The molecule has 0 spiro atoms. The first-order chi connectivity index (χ1) is 12.1. The number of amides is 1. The van der Waals surface area contributed by atoms with Crippen LogP contribution in [0, 0.1) is 12.8 Å². The molecule has 5 nitrogen and oxygen atoms in total. The Hall–Kier alpha value is -2.04. The number of carbonyl (C=O) groups is 2. The second-order valence-electron chi connectivity index (χ2n) is 8.41. The predicted molar refractivity (Wildman–Crippen MR) is 101 cm³/mol. The van der Waals surface area contributed by atoms with Gasteiger partial charge in [0.05, 0.1) is 0 Å². The summed E-state index contributed by atoms with van der Waals surface area (Å²) in [4.78, 5) is 24.6. The smallest absolute Gasteiger partial charge is 0.407 e. The molecule has 5 heteroatoms. The molecule has 0 aliphatic heterocycles. The molecule has 0 heterocycles. The first-order valence-corrected chi connectivity index (χ1v) is 9.40. The summed E-state index contributed by atoms with van der Waals surface area (Å²) in [5.74, 6) is -0.527. The number of hydrogen-bond acceptors (Lipinski definition) is 3. The van der Waals surface area contributed by atoms with Crippen molar-refractivity contribution >= 4 is 12.1 Å². The Labute approximate surface area is 156 Å². The molecule has 1 unspecified atom stereocenters. The fourth-order valence-electron chi connectivity index (χ4n) is 3.91. The van der Waals surface area contributed by atoms with Gasteiger partial charge in [0.1, 0.15) is 11.0 Å². The van der Waals surface area contributed by atoms with Crippen molar-refractivity contribution in [2.24, 2.45) is 5.92 Å². The van der Waals surface area contributed by atoms with Gasteiger partial charge in [-0.15, -0.1) is 0 Å². The van der Waals surface area contributed by atoms with Crippen LogP contribution in [-0.2, 0) is 14.9 Å². The average Bonchev–Trinajstić information content (AvgIpc) is 3.03. The van der Waals surface area contributed by atoms with Crippen molar-refractivity contribution < 1.29 is 19.4 Å². The van der Waals surface area contributed by atoms with Crippen molar-refractivity contribution in [3.05, 3.63) is 35.4 Å². The lowest BCUT2D eigenvalue weighted by molar-refractivity contribution is -0.144. The first-order valence-electron chi connectivity index (χ1n) is 9.40. The Morgan fingerprint density at radius 2 is 1.81 bits per heavy atom. The maximum absolute atomic E-state index is 12.5. The molecular formula is C21H31NO4. The van der Waals surface area contributed by atoms with Crippen LogP contribution in [0.15, 0.2) is 24.3 Å². The monoisotopic (exact) mass is 361 g/mol. The summed E-state index contributed by atoms with van der Waals surface area (Å²) in [7, 11) is 0. The summed E-state index contributed by atoms with van der Waals surface area (Å²) in [6.07, 6.45) is 4.34. The highest BCUT2D eigenvalue weighted by atomic mass is 16.6. The highest BCUT2D eigenvalue weighted by Gasteiger charge is 2.44. The number of alkyl carbamates (subject to hydrolysis) is 1. The Bertz CT molecular complexity index is 644. The number of carbonyl (C=O) groups excluding carboxylic acids is 1. The van der Waals surface area contributed by atoms with Gasteiger partial charge in [0.2, 0.25) is 0 Å². The molecule has 0 radical (unpaired) electrons. The lowest BCUT2D eigenvalue weighted by Crippen LogP contribution is -2.49. The molecule has 1 saturated carbocycles. The predicted octanol–water partition coefficient (Wildman–Crippen LogP) is 4.42. The molecule has 26 heavy (non-hydrogen) atoms. The van der Waals surface area contributed by atoms with Crippen molar-refractivity contribution in [3.63, 3.8) is 0 Å². The molecule has 144 valence electrons.